The molecule has 0 aliphatic heterocycles. The summed E-state index contributed by atoms with van der Waals surface area (Å²) in [6.45, 7) is 3.87. The Bertz CT molecular complexity index is 831. The molecule has 1 heterocycles. The van der Waals surface area contributed by atoms with E-state index >= 15 is 0 Å². The molecule has 0 saturated heterocycles. The van der Waals surface area contributed by atoms with E-state index in [0.29, 0.717) is 11.3 Å². The Labute approximate surface area is 128 Å². The molecule has 0 fully saturated rings. The SMILES string of the molecule is COc1ccc2oc(C(=O)Nc3ccc(C)cc3)c(C)c2c1. The lowest BCUT2D eigenvalue weighted by Crippen LogP contribution is -2.11. The third kappa shape index (κ3) is 2.55. The van der Waals surface area contributed by atoms with Crippen LogP contribution in [0.4, 0.5) is 5.69 Å². The largest absolute Gasteiger partial charge is 0.497 e. The van der Waals surface area contributed by atoms with Crippen molar-refractivity contribution in [1.82, 2.24) is 0 Å². The number of anilines is 1. The van der Waals surface area contributed by atoms with Crippen LogP contribution >= 0.6 is 0 Å². The Morgan fingerprint density at radius 2 is 1.82 bits per heavy atom. The van der Waals surface area contributed by atoms with Crippen LogP contribution in [0.2, 0.25) is 0 Å². The van der Waals surface area contributed by atoms with Gasteiger partial charge >= 0.3 is 0 Å². The number of hydrogen-bond acceptors (Lipinski definition) is 3. The van der Waals surface area contributed by atoms with Crippen molar-refractivity contribution in [2.75, 3.05) is 12.4 Å². The molecule has 1 amide bonds. The summed E-state index contributed by atoms with van der Waals surface area (Å²) < 4.78 is 10.9. The topological polar surface area (TPSA) is 51.5 Å². The fourth-order valence-corrected chi connectivity index (χ4v) is 2.37. The molecule has 1 N–H and O–H groups in total. The van der Waals surface area contributed by atoms with Crippen LogP contribution in [0.3, 0.4) is 0 Å². The number of hydrogen-bond donors (Lipinski definition) is 1. The van der Waals surface area contributed by atoms with Crippen LogP contribution in [-0.2, 0) is 0 Å². The number of amides is 1. The number of nitrogens with one attached hydrogen (secondary N) is 1. The lowest BCUT2D eigenvalue weighted by molar-refractivity contribution is 0.0998. The highest BCUT2D eigenvalue weighted by Gasteiger charge is 2.18. The van der Waals surface area contributed by atoms with Crippen molar-refractivity contribution in [2.45, 2.75) is 13.8 Å². The Morgan fingerprint density at radius 1 is 1.09 bits per heavy atom. The second-order valence-electron chi connectivity index (χ2n) is 5.24. The number of aryl methyl sites for hydroxylation is 2. The summed E-state index contributed by atoms with van der Waals surface area (Å²) in [5.41, 5.74) is 3.36. The van der Waals surface area contributed by atoms with Gasteiger partial charge in [-0.2, -0.15) is 0 Å². The molecular formula is C18H17NO3. The first-order valence-electron chi connectivity index (χ1n) is 7.03. The fraction of sp³-hybridized carbons (Fsp3) is 0.167. The van der Waals surface area contributed by atoms with Crippen molar-refractivity contribution in [2.24, 2.45) is 0 Å². The maximum Gasteiger partial charge on any atom is 0.291 e. The van der Waals surface area contributed by atoms with Crippen LogP contribution in [0.5, 0.6) is 5.75 Å². The second-order valence-corrected chi connectivity index (χ2v) is 5.24. The first kappa shape index (κ1) is 14.2. The molecule has 2 aromatic carbocycles. The summed E-state index contributed by atoms with van der Waals surface area (Å²) in [5, 5.41) is 3.73. The Balaban J connectivity index is 1.93. The third-order valence-corrected chi connectivity index (χ3v) is 3.66. The van der Waals surface area contributed by atoms with Gasteiger partial charge in [-0.3, -0.25) is 4.79 Å². The van der Waals surface area contributed by atoms with Crippen molar-refractivity contribution in [3.8, 4) is 5.75 Å². The van der Waals surface area contributed by atoms with Gasteiger partial charge in [-0.15, -0.1) is 0 Å². The van der Waals surface area contributed by atoms with Gasteiger partial charge in [0.25, 0.3) is 5.91 Å². The van der Waals surface area contributed by atoms with Crippen LogP contribution < -0.4 is 10.1 Å². The molecule has 0 unspecified atom stereocenters. The minimum Gasteiger partial charge on any atom is -0.497 e. The molecule has 0 bridgehead atoms. The smallest absolute Gasteiger partial charge is 0.291 e. The Kier molecular flexibility index (Phi) is 3.59. The van der Waals surface area contributed by atoms with Crippen LogP contribution in [0.25, 0.3) is 11.0 Å². The normalized spacial score (nSPS) is 10.7. The summed E-state index contributed by atoms with van der Waals surface area (Å²) in [5.74, 6) is 0.808. The monoisotopic (exact) mass is 295 g/mol. The van der Waals surface area contributed by atoms with Crippen molar-refractivity contribution in [3.63, 3.8) is 0 Å². The van der Waals surface area contributed by atoms with E-state index in [1.165, 1.54) is 0 Å². The van der Waals surface area contributed by atoms with E-state index in [9.17, 15) is 4.79 Å². The molecule has 1 aromatic heterocycles. The molecule has 4 nitrogen and oxygen atoms in total. The molecule has 0 saturated carbocycles. The van der Waals surface area contributed by atoms with Gasteiger partial charge in [-0.1, -0.05) is 17.7 Å². The third-order valence-electron chi connectivity index (χ3n) is 3.66. The van der Waals surface area contributed by atoms with E-state index in [1.54, 1.807) is 7.11 Å². The predicted octanol–water partition coefficient (Wildman–Crippen LogP) is 4.31. The average Bonchev–Trinajstić information content (AvgIpc) is 2.86. The number of carbonyl (C=O) groups is 1. The predicted molar refractivity (Wildman–Crippen MR) is 86.6 cm³/mol. The van der Waals surface area contributed by atoms with Gasteiger partial charge in [0, 0.05) is 16.6 Å². The van der Waals surface area contributed by atoms with Gasteiger partial charge in [0.15, 0.2) is 5.76 Å². The van der Waals surface area contributed by atoms with Crippen LogP contribution in [0.15, 0.2) is 46.9 Å². The number of rotatable bonds is 3. The summed E-state index contributed by atoms with van der Waals surface area (Å²) in [4.78, 5) is 12.4. The molecule has 3 rings (SSSR count). The maximum absolute atomic E-state index is 12.4. The molecule has 4 heteroatoms. The number of fused-ring (bicyclic) bond motifs is 1. The zero-order valence-electron chi connectivity index (χ0n) is 12.8. The maximum atomic E-state index is 12.4. The van der Waals surface area contributed by atoms with Gasteiger partial charge < -0.3 is 14.5 Å². The van der Waals surface area contributed by atoms with E-state index in [1.807, 2.05) is 56.3 Å². The Hall–Kier alpha value is -2.75. The fourth-order valence-electron chi connectivity index (χ4n) is 2.37. The van der Waals surface area contributed by atoms with E-state index < -0.39 is 0 Å². The molecule has 112 valence electrons. The van der Waals surface area contributed by atoms with Crippen LogP contribution in [0, 0.1) is 13.8 Å². The lowest BCUT2D eigenvalue weighted by Gasteiger charge is -2.04. The molecule has 0 atom stereocenters. The summed E-state index contributed by atoms with van der Waals surface area (Å²) in [6, 6.07) is 13.1. The van der Waals surface area contributed by atoms with Crippen molar-refractivity contribution >= 4 is 22.6 Å². The molecule has 3 aromatic rings. The number of methoxy groups -OCH3 is 1. The zero-order valence-corrected chi connectivity index (χ0v) is 12.8. The van der Waals surface area contributed by atoms with Crippen LogP contribution in [-0.4, -0.2) is 13.0 Å². The first-order chi connectivity index (χ1) is 10.6. The van der Waals surface area contributed by atoms with Gasteiger partial charge in [-0.05, 0) is 44.2 Å². The Morgan fingerprint density at radius 3 is 2.50 bits per heavy atom. The van der Waals surface area contributed by atoms with Gasteiger partial charge in [0.1, 0.15) is 11.3 Å². The number of carbonyl (C=O) groups excluding carboxylic acids is 1. The number of ether oxygens (including phenoxy) is 1. The molecule has 0 spiro atoms. The van der Waals surface area contributed by atoms with Crippen LogP contribution in [0.1, 0.15) is 21.7 Å². The minimum atomic E-state index is -0.253. The average molecular weight is 295 g/mol. The number of benzene rings is 2. The van der Waals surface area contributed by atoms with Gasteiger partial charge in [-0.25, -0.2) is 0 Å². The molecule has 0 aliphatic rings. The highest BCUT2D eigenvalue weighted by molar-refractivity contribution is 6.06. The highest BCUT2D eigenvalue weighted by atomic mass is 16.5. The van der Waals surface area contributed by atoms with Crippen molar-refractivity contribution < 1.29 is 13.9 Å². The molecule has 0 radical (unpaired) electrons. The quantitative estimate of drug-likeness (QED) is 0.783. The zero-order chi connectivity index (χ0) is 15.7. The van der Waals surface area contributed by atoms with E-state index in [-0.39, 0.29) is 5.91 Å². The van der Waals surface area contributed by atoms with Gasteiger partial charge in [0.2, 0.25) is 0 Å². The molecule has 0 aliphatic carbocycles. The summed E-state index contributed by atoms with van der Waals surface area (Å²) in [7, 11) is 1.61. The molecule has 22 heavy (non-hydrogen) atoms. The number of furan rings is 1. The van der Waals surface area contributed by atoms with E-state index in [4.69, 9.17) is 9.15 Å². The van der Waals surface area contributed by atoms with Crippen molar-refractivity contribution in [3.05, 3.63) is 59.4 Å². The minimum absolute atomic E-state index is 0.253. The molecular weight excluding hydrogens is 278 g/mol. The highest BCUT2D eigenvalue weighted by Crippen LogP contribution is 2.29. The standard InChI is InChI=1S/C18H17NO3/c1-11-4-6-13(7-5-11)19-18(20)17-12(2)15-10-14(21-3)8-9-16(15)22-17/h4-10H,1-3H3,(H,19,20). The van der Waals surface area contributed by atoms with E-state index in [0.717, 1.165) is 28.0 Å². The van der Waals surface area contributed by atoms with Gasteiger partial charge in [0.05, 0.1) is 7.11 Å². The summed E-state index contributed by atoms with van der Waals surface area (Å²) >= 11 is 0. The lowest BCUT2D eigenvalue weighted by atomic mass is 10.1. The van der Waals surface area contributed by atoms with Crippen molar-refractivity contribution in [1.29, 1.82) is 0 Å². The second kappa shape index (κ2) is 5.56. The first-order valence-corrected chi connectivity index (χ1v) is 7.03. The summed E-state index contributed by atoms with van der Waals surface area (Å²) in [6.07, 6.45) is 0. The van der Waals surface area contributed by atoms with E-state index in [2.05, 4.69) is 5.32 Å².